The van der Waals surface area contributed by atoms with Crippen LogP contribution in [0.5, 0.6) is 5.75 Å². The Balaban J connectivity index is 1.74. The lowest BCUT2D eigenvalue weighted by atomic mass is 10.2. The highest BCUT2D eigenvalue weighted by molar-refractivity contribution is 5.65. The summed E-state index contributed by atoms with van der Waals surface area (Å²) >= 11 is 0. The molecule has 1 aromatic carbocycles. The van der Waals surface area contributed by atoms with Crippen LogP contribution in [0.4, 0.5) is 15.9 Å². The van der Waals surface area contributed by atoms with Gasteiger partial charge >= 0.3 is 0 Å². The summed E-state index contributed by atoms with van der Waals surface area (Å²) in [7, 11) is 1.53. The van der Waals surface area contributed by atoms with E-state index in [0.717, 1.165) is 5.69 Å². The fraction of sp³-hybridized carbons (Fsp3) is 0.182. The van der Waals surface area contributed by atoms with Crippen LogP contribution in [0.1, 0.15) is 18.1 Å². The van der Waals surface area contributed by atoms with Crippen molar-refractivity contribution in [2.75, 3.05) is 12.4 Å². The number of methoxy groups -OCH3 is 1. The van der Waals surface area contributed by atoms with Gasteiger partial charge in [-0.15, -0.1) is 0 Å². The first-order chi connectivity index (χ1) is 15.1. The highest BCUT2D eigenvalue weighted by Gasteiger charge is 2.19. The Kier molecular flexibility index (Phi) is 5.74. The molecular weight excluding hydrogens is 399 g/mol. The van der Waals surface area contributed by atoms with Gasteiger partial charge in [0.05, 0.1) is 19.9 Å². The molecule has 4 aromatic rings. The summed E-state index contributed by atoms with van der Waals surface area (Å²) in [6.07, 6.45) is 5.33. The van der Waals surface area contributed by atoms with E-state index in [-0.39, 0.29) is 17.9 Å². The number of H-pyrrole nitrogens is 1. The summed E-state index contributed by atoms with van der Waals surface area (Å²) in [5, 5.41) is 6.23. The molecule has 0 atom stereocenters. The van der Waals surface area contributed by atoms with Crippen LogP contribution in [0.25, 0.3) is 11.5 Å². The molecule has 0 amide bonds. The first kappa shape index (κ1) is 20.3. The second-order valence-electron chi connectivity index (χ2n) is 6.77. The molecule has 0 spiro atoms. The molecule has 0 radical (unpaired) electrons. The number of benzene rings is 1. The third kappa shape index (κ3) is 4.16. The van der Waals surface area contributed by atoms with Gasteiger partial charge in [0.1, 0.15) is 11.5 Å². The van der Waals surface area contributed by atoms with Crippen molar-refractivity contribution in [3.05, 3.63) is 82.3 Å². The van der Waals surface area contributed by atoms with Crippen LogP contribution in [0, 0.1) is 5.82 Å². The smallest absolute Gasteiger partial charge is 0.270 e. The van der Waals surface area contributed by atoms with Crippen molar-refractivity contribution in [1.82, 2.24) is 24.7 Å². The third-order valence-electron chi connectivity index (χ3n) is 4.83. The quantitative estimate of drug-likeness (QED) is 0.475. The van der Waals surface area contributed by atoms with Crippen LogP contribution < -0.4 is 15.6 Å². The number of pyridine rings is 1. The fourth-order valence-corrected chi connectivity index (χ4v) is 3.25. The molecule has 2 N–H and O–H groups in total. The molecule has 4 rings (SSSR count). The van der Waals surface area contributed by atoms with Gasteiger partial charge in [0.2, 0.25) is 0 Å². The molecule has 8 nitrogen and oxygen atoms in total. The Morgan fingerprint density at radius 3 is 2.68 bits per heavy atom. The number of hydrogen-bond donors (Lipinski definition) is 2. The summed E-state index contributed by atoms with van der Waals surface area (Å²) in [6.45, 7) is 1.96. The van der Waals surface area contributed by atoms with Gasteiger partial charge in [0.25, 0.3) is 5.56 Å². The zero-order valence-electron chi connectivity index (χ0n) is 17.1. The van der Waals surface area contributed by atoms with Gasteiger partial charge in [-0.3, -0.25) is 14.9 Å². The first-order valence-electron chi connectivity index (χ1n) is 9.74. The van der Waals surface area contributed by atoms with Gasteiger partial charge in [-0.25, -0.2) is 19.0 Å². The Hall–Kier alpha value is -4.01. The van der Waals surface area contributed by atoms with Gasteiger partial charge in [-0.1, -0.05) is 25.1 Å². The molecule has 0 saturated carbocycles. The molecule has 0 aliphatic rings. The minimum atomic E-state index is -0.367. The van der Waals surface area contributed by atoms with E-state index in [1.54, 1.807) is 42.7 Å². The van der Waals surface area contributed by atoms with Crippen LogP contribution >= 0.6 is 0 Å². The third-order valence-corrected chi connectivity index (χ3v) is 4.83. The number of anilines is 2. The molecule has 9 heteroatoms. The zero-order chi connectivity index (χ0) is 21.8. The molecule has 0 saturated heterocycles. The van der Waals surface area contributed by atoms with E-state index in [4.69, 9.17) is 4.74 Å². The topological polar surface area (TPSA) is 97.7 Å². The van der Waals surface area contributed by atoms with Gasteiger partial charge in [0.15, 0.2) is 17.4 Å². The fourth-order valence-electron chi connectivity index (χ4n) is 3.25. The number of ether oxygens (including phenoxy) is 1. The predicted molar refractivity (Wildman–Crippen MR) is 115 cm³/mol. The van der Waals surface area contributed by atoms with Gasteiger partial charge in [0, 0.05) is 29.2 Å². The van der Waals surface area contributed by atoms with E-state index in [2.05, 4.69) is 25.4 Å². The summed E-state index contributed by atoms with van der Waals surface area (Å²) in [5.41, 5.74) is 1.97. The van der Waals surface area contributed by atoms with E-state index in [1.807, 2.05) is 6.92 Å². The molecule has 0 bridgehead atoms. The molecule has 3 aromatic heterocycles. The van der Waals surface area contributed by atoms with E-state index < -0.39 is 0 Å². The van der Waals surface area contributed by atoms with E-state index >= 15 is 0 Å². The molecule has 0 aliphatic carbocycles. The predicted octanol–water partition coefficient (Wildman–Crippen LogP) is 3.53. The molecule has 0 fully saturated rings. The molecule has 0 unspecified atom stereocenters. The summed E-state index contributed by atoms with van der Waals surface area (Å²) in [6, 6.07) is 9.96. The lowest BCUT2D eigenvalue weighted by molar-refractivity contribution is 0.413. The number of nitrogens with zero attached hydrogens (tertiary/aromatic N) is 4. The van der Waals surface area contributed by atoms with E-state index in [0.29, 0.717) is 40.6 Å². The minimum Gasteiger partial charge on any atom is -0.491 e. The largest absolute Gasteiger partial charge is 0.491 e. The zero-order valence-corrected chi connectivity index (χ0v) is 17.1. The first-order valence-corrected chi connectivity index (χ1v) is 9.74. The minimum absolute atomic E-state index is 0.0801. The summed E-state index contributed by atoms with van der Waals surface area (Å²) in [5.74, 6) is 0.863. The molecule has 31 heavy (non-hydrogen) atoms. The monoisotopic (exact) mass is 420 g/mol. The molecule has 0 aliphatic heterocycles. The Labute approximate surface area is 177 Å². The maximum absolute atomic E-state index is 14.1. The summed E-state index contributed by atoms with van der Waals surface area (Å²) < 4.78 is 20.8. The van der Waals surface area contributed by atoms with E-state index in [1.165, 1.54) is 24.1 Å². The Morgan fingerprint density at radius 2 is 1.97 bits per heavy atom. The van der Waals surface area contributed by atoms with Crippen molar-refractivity contribution in [3.8, 4) is 17.3 Å². The number of aromatic amines is 1. The van der Waals surface area contributed by atoms with Crippen molar-refractivity contribution in [3.63, 3.8) is 0 Å². The number of hydrogen-bond acceptors (Lipinski definition) is 6. The highest BCUT2D eigenvalue weighted by atomic mass is 19.1. The average molecular weight is 420 g/mol. The maximum atomic E-state index is 14.1. The standard InChI is InChI=1S/C22H21FN6O2/c1-3-16-19(28-29(22(16)30)13-14-6-4-5-7-17(14)23)21-25-12-18(31-2)20(27-21)26-15-8-10-24-11-9-15/h4-12,28H,3,13H2,1-2H3,(H,24,25,26,27). The molecular formula is C22H21FN6O2. The SMILES string of the molecule is CCc1c(-c2ncc(OC)c(Nc3ccncc3)n2)[nH]n(Cc2ccccc2F)c1=O. The van der Waals surface area contributed by atoms with Crippen molar-refractivity contribution < 1.29 is 9.13 Å². The van der Waals surface area contributed by atoms with Crippen molar-refractivity contribution >= 4 is 11.5 Å². The maximum Gasteiger partial charge on any atom is 0.270 e. The number of nitrogens with one attached hydrogen (secondary N) is 2. The Bertz CT molecular complexity index is 1250. The normalized spacial score (nSPS) is 10.8. The van der Waals surface area contributed by atoms with Gasteiger partial charge in [-0.05, 0) is 24.6 Å². The van der Waals surface area contributed by atoms with Crippen molar-refractivity contribution in [2.45, 2.75) is 19.9 Å². The van der Waals surface area contributed by atoms with Gasteiger partial charge < -0.3 is 10.1 Å². The lowest BCUT2D eigenvalue weighted by Crippen LogP contribution is -2.20. The molecule has 3 heterocycles. The second kappa shape index (κ2) is 8.78. The Morgan fingerprint density at radius 1 is 1.19 bits per heavy atom. The second-order valence-corrected chi connectivity index (χ2v) is 6.77. The van der Waals surface area contributed by atoms with E-state index in [9.17, 15) is 9.18 Å². The summed E-state index contributed by atoms with van der Waals surface area (Å²) in [4.78, 5) is 25.8. The van der Waals surface area contributed by atoms with Crippen molar-refractivity contribution in [1.29, 1.82) is 0 Å². The number of aromatic nitrogens is 5. The highest BCUT2D eigenvalue weighted by Crippen LogP contribution is 2.27. The van der Waals surface area contributed by atoms with Gasteiger partial charge in [-0.2, -0.15) is 0 Å². The van der Waals surface area contributed by atoms with Crippen LogP contribution in [0.2, 0.25) is 0 Å². The molecule has 158 valence electrons. The van der Waals surface area contributed by atoms with Crippen LogP contribution in [0.3, 0.4) is 0 Å². The van der Waals surface area contributed by atoms with Crippen LogP contribution in [-0.4, -0.2) is 31.8 Å². The van der Waals surface area contributed by atoms with Crippen LogP contribution in [-0.2, 0) is 13.0 Å². The number of rotatable bonds is 7. The number of halogens is 1. The average Bonchev–Trinajstić information content (AvgIpc) is 3.11. The lowest BCUT2D eigenvalue weighted by Gasteiger charge is -2.11. The van der Waals surface area contributed by atoms with Crippen molar-refractivity contribution in [2.24, 2.45) is 0 Å². The van der Waals surface area contributed by atoms with Crippen LogP contribution in [0.15, 0.2) is 59.8 Å².